The number of halogens is 1. The number of methoxy groups -OCH3 is 1. The van der Waals surface area contributed by atoms with Crippen molar-refractivity contribution in [2.45, 2.75) is 19.8 Å². The highest BCUT2D eigenvalue weighted by Gasteiger charge is 2.38. The summed E-state index contributed by atoms with van der Waals surface area (Å²) in [6, 6.07) is 7.06. The zero-order chi connectivity index (χ0) is 18.6. The molecule has 1 unspecified atom stereocenters. The van der Waals surface area contributed by atoms with E-state index >= 15 is 0 Å². The fourth-order valence-electron chi connectivity index (χ4n) is 2.84. The predicted molar refractivity (Wildman–Crippen MR) is 94.8 cm³/mol. The maximum absolute atomic E-state index is 12.4. The number of benzene rings is 1. The van der Waals surface area contributed by atoms with Crippen LogP contribution in [-0.4, -0.2) is 32.0 Å². The third kappa shape index (κ3) is 3.86. The van der Waals surface area contributed by atoms with Crippen molar-refractivity contribution >= 4 is 23.4 Å². The van der Waals surface area contributed by atoms with E-state index in [9.17, 15) is 9.59 Å². The molecule has 2 rings (SSSR count). The molecule has 1 aromatic carbocycles. The van der Waals surface area contributed by atoms with E-state index in [0.717, 1.165) is 0 Å². The molecule has 0 aliphatic carbocycles. The summed E-state index contributed by atoms with van der Waals surface area (Å²) in [5, 5.41) is 3.43. The summed E-state index contributed by atoms with van der Waals surface area (Å²) in [6.07, 6.45) is 0. The van der Waals surface area contributed by atoms with Crippen LogP contribution in [0.25, 0.3) is 0 Å². The normalized spacial score (nSPS) is 17.2. The van der Waals surface area contributed by atoms with Crippen molar-refractivity contribution in [3.05, 3.63) is 57.6 Å². The second-order valence-electron chi connectivity index (χ2n) is 5.55. The van der Waals surface area contributed by atoms with E-state index in [2.05, 4.69) is 5.32 Å². The van der Waals surface area contributed by atoms with Gasteiger partial charge in [-0.2, -0.15) is 0 Å². The number of hydrogen-bond donors (Lipinski definition) is 2. The van der Waals surface area contributed by atoms with Crippen LogP contribution in [0.1, 0.15) is 25.3 Å². The van der Waals surface area contributed by atoms with E-state index < -0.39 is 11.9 Å². The number of allylic oxidation sites excluding steroid dienone is 2. The first kappa shape index (κ1) is 19.0. The van der Waals surface area contributed by atoms with Gasteiger partial charge in [-0.05, 0) is 25.5 Å². The van der Waals surface area contributed by atoms with Gasteiger partial charge in [0.25, 0.3) is 0 Å². The van der Waals surface area contributed by atoms with Gasteiger partial charge in [0.1, 0.15) is 6.61 Å². The van der Waals surface area contributed by atoms with E-state index in [0.29, 0.717) is 34.0 Å². The maximum atomic E-state index is 12.4. The summed E-state index contributed by atoms with van der Waals surface area (Å²) in [5.74, 6) is -1.18. The predicted octanol–water partition coefficient (Wildman–Crippen LogP) is 2.25. The fourth-order valence-corrected chi connectivity index (χ4v) is 3.08. The Morgan fingerprint density at radius 3 is 2.52 bits per heavy atom. The van der Waals surface area contributed by atoms with Crippen LogP contribution in [0.2, 0.25) is 5.02 Å². The van der Waals surface area contributed by atoms with Crippen LogP contribution in [0.15, 0.2) is 47.0 Å². The molecule has 0 amide bonds. The lowest BCUT2D eigenvalue weighted by molar-refractivity contribution is -0.136. The van der Waals surface area contributed by atoms with Gasteiger partial charge in [0, 0.05) is 17.3 Å². The number of ether oxygens (including phenoxy) is 2. The van der Waals surface area contributed by atoms with Gasteiger partial charge in [0.2, 0.25) is 0 Å². The number of carbonyl (C=O) groups excluding carboxylic acids is 2. The molecule has 1 atom stereocenters. The first-order valence-electron chi connectivity index (χ1n) is 7.80. The molecule has 3 N–H and O–H groups in total. The third-order valence-electron chi connectivity index (χ3n) is 3.89. The highest BCUT2D eigenvalue weighted by atomic mass is 35.5. The van der Waals surface area contributed by atoms with Crippen molar-refractivity contribution in [2.24, 2.45) is 5.73 Å². The lowest BCUT2D eigenvalue weighted by Gasteiger charge is -2.31. The van der Waals surface area contributed by atoms with Gasteiger partial charge in [-0.25, -0.2) is 4.79 Å². The van der Waals surface area contributed by atoms with E-state index in [4.69, 9.17) is 26.8 Å². The Labute approximate surface area is 151 Å². The van der Waals surface area contributed by atoms with Gasteiger partial charge in [0.05, 0.1) is 24.2 Å². The van der Waals surface area contributed by atoms with Gasteiger partial charge >= 0.3 is 5.97 Å². The molecule has 1 aliphatic heterocycles. The van der Waals surface area contributed by atoms with Crippen molar-refractivity contribution in [3.8, 4) is 0 Å². The van der Waals surface area contributed by atoms with Crippen LogP contribution in [0.5, 0.6) is 0 Å². The molecule has 1 heterocycles. The van der Waals surface area contributed by atoms with Gasteiger partial charge in [0.15, 0.2) is 11.7 Å². The van der Waals surface area contributed by atoms with Gasteiger partial charge in [-0.15, -0.1) is 0 Å². The lowest BCUT2D eigenvalue weighted by Crippen LogP contribution is -2.33. The topological polar surface area (TPSA) is 90.7 Å². The highest BCUT2D eigenvalue weighted by molar-refractivity contribution is 6.31. The Kier molecular flexibility index (Phi) is 6.22. The van der Waals surface area contributed by atoms with Crippen LogP contribution in [0, 0.1) is 0 Å². The zero-order valence-electron chi connectivity index (χ0n) is 14.4. The van der Waals surface area contributed by atoms with Crippen molar-refractivity contribution in [1.29, 1.82) is 0 Å². The molecule has 25 heavy (non-hydrogen) atoms. The molecular formula is C18H21ClN2O4. The molecule has 0 spiro atoms. The largest absolute Gasteiger partial charge is 0.477 e. The average molecular weight is 365 g/mol. The number of rotatable bonds is 6. The Hall–Kier alpha value is -2.31. The summed E-state index contributed by atoms with van der Waals surface area (Å²) in [4.78, 5) is 24.8. The SMILES string of the molecule is COC(=O)C1=C(C)NC(OCCN)=C(C(C)=O)C1c1ccccc1Cl. The number of hydrogen-bond acceptors (Lipinski definition) is 6. The van der Waals surface area contributed by atoms with Gasteiger partial charge in [-0.1, -0.05) is 29.8 Å². The van der Waals surface area contributed by atoms with Crippen molar-refractivity contribution < 1.29 is 19.1 Å². The number of nitrogens with one attached hydrogen (secondary N) is 1. The van der Waals surface area contributed by atoms with E-state index in [-0.39, 0.29) is 18.3 Å². The molecule has 1 aliphatic rings. The van der Waals surface area contributed by atoms with Crippen LogP contribution < -0.4 is 11.1 Å². The molecule has 134 valence electrons. The Morgan fingerprint density at radius 2 is 1.96 bits per heavy atom. The second-order valence-corrected chi connectivity index (χ2v) is 5.95. The summed E-state index contributed by atoms with van der Waals surface area (Å²) >= 11 is 6.35. The number of dihydropyridines is 1. The molecule has 7 heteroatoms. The van der Waals surface area contributed by atoms with Crippen LogP contribution >= 0.6 is 11.6 Å². The number of nitrogens with two attached hydrogens (primary N) is 1. The first-order chi connectivity index (χ1) is 11.9. The van der Waals surface area contributed by atoms with E-state index in [1.165, 1.54) is 14.0 Å². The third-order valence-corrected chi connectivity index (χ3v) is 4.24. The number of Topliss-reactive ketones (excluding diaryl/α,β-unsaturated/α-hetero) is 1. The summed E-state index contributed by atoms with van der Waals surface area (Å²) in [6.45, 7) is 3.66. The molecule has 1 aromatic rings. The number of ketones is 1. The molecule has 0 bridgehead atoms. The van der Waals surface area contributed by atoms with Crippen LogP contribution in [0.4, 0.5) is 0 Å². The first-order valence-corrected chi connectivity index (χ1v) is 8.18. The summed E-state index contributed by atoms with van der Waals surface area (Å²) in [7, 11) is 1.30. The van der Waals surface area contributed by atoms with E-state index in [1.54, 1.807) is 31.2 Å². The Balaban J connectivity index is 2.70. The van der Waals surface area contributed by atoms with Crippen LogP contribution in [0.3, 0.4) is 0 Å². The molecule has 0 aromatic heterocycles. The minimum absolute atomic E-state index is 0.231. The fraction of sp³-hybridized carbons (Fsp3) is 0.333. The standard InChI is InChI=1S/C18H21ClN2O4/c1-10-14(18(23)24-3)16(12-6-4-5-7-13(12)19)15(11(2)22)17(21-10)25-9-8-20/h4-7,16,21H,8-9,20H2,1-3H3. The highest BCUT2D eigenvalue weighted by Crippen LogP contribution is 2.41. The van der Waals surface area contributed by atoms with Crippen molar-refractivity contribution in [1.82, 2.24) is 5.32 Å². The molecule has 6 nitrogen and oxygen atoms in total. The Bertz CT molecular complexity index is 755. The molecule has 0 radical (unpaired) electrons. The minimum Gasteiger partial charge on any atom is -0.477 e. The summed E-state index contributed by atoms with van der Waals surface area (Å²) in [5.41, 5.74) is 7.30. The van der Waals surface area contributed by atoms with Crippen molar-refractivity contribution in [2.75, 3.05) is 20.3 Å². The monoisotopic (exact) mass is 364 g/mol. The molecule has 0 fully saturated rings. The van der Waals surface area contributed by atoms with E-state index in [1.807, 2.05) is 0 Å². The van der Waals surface area contributed by atoms with Crippen molar-refractivity contribution in [3.63, 3.8) is 0 Å². The molecule has 0 saturated carbocycles. The smallest absolute Gasteiger partial charge is 0.336 e. The Morgan fingerprint density at radius 1 is 1.28 bits per heavy atom. The van der Waals surface area contributed by atoms with Gasteiger partial charge < -0.3 is 20.5 Å². The second kappa shape index (κ2) is 8.18. The quantitative estimate of drug-likeness (QED) is 0.752. The zero-order valence-corrected chi connectivity index (χ0v) is 15.1. The number of esters is 1. The number of carbonyl (C=O) groups is 2. The van der Waals surface area contributed by atoms with Crippen LogP contribution in [-0.2, 0) is 19.1 Å². The molecule has 0 saturated heterocycles. The lowest BCUT2D eigenvalue weighted by atomic mass is 9.80. The average Bonchev–Trinajstić information content (AvgIpc) is 2.58. The minimum atomic E-state index is -0.687. The molecular weight excluding hydrogens is 344 g/mol. The van der Waals surface area contributed by atoms with Gasteiger partial charge in [-0.3, -0.25) is 4.79 Å². The summed E-state index contributed by atoms with van der Waals surface area (Å²) < 4.78 is 10.5. The maximum Gasteiger partial charge on any atom is 0.336 e.